The standard InChI is InChI=1S/C21H21N7O2S/c1-30-13-28-16-9-14(4-5-17(16)31-21-20(28)22-6-7-23-21)10-27-12-26-18-15(3-2-8-29)24-11-25-19(18)27/h4-7,9,11-12,29H,2-3,8,10,13H2,1H3. The van der Waals surface area contributed by atoms with Gasteiger partial charge < -0.3 is 14.4 Å². The van der Waals surface area contributed by atoms with Gasteiger partial charge in [0.25, 0.3) is 0 Å². The highest BCUT2D eigenvalue weighted by Crippen LogP contribution is 2.46. The molecule has 0 amide bonds. The number of aliphatic hydroxyl groups is 1. The van der Waals surface area contributed by atoms with Crippen LogP contribution in [0.15, 0.2) is 53.2 Å². The van der Waals surface area contributed by atoms with Gasteiger partial charge in [-0.3, -0.25) is 4.90 Å². The minimum Gasteiger partial charge on any atom is -0.396 e. The lowest BCUT2D eigenvalue weighted by Gasteiger charge is -2.30. The Morgan fingerprint density at radius 2 is 2.00 bits per heavy atom. The van der Waals surface area contributed by atoms with Crippen LogP contribution in [0, 0.1) is 0 Å². The second-order valence-corrected chi connectivity index (χ2v) is 8.16. The SMILES string of the molecule is COCN1c2cc(Cn3cnc4c(CCCO)ncnc43)ccc2Sc2nccnc21. The van der Waals surface area contributed by atoms with E-state index in [0.717, 1.165) is 43.8 Å². The topological polar surface area (TPSA) is 102 Å². The molecule has 4 aromatic rings. The number of hydrogen-bond donors (Lipinski definition) is 1. The zero-order valence-corrected chi connectivity index (χ0v) is 17.8. The lowest BCUT2D eigenvalue weighted by atomic mass is 10.1. The van der Waals surface area contributed by atoms with E-state index in [1.54, 1.807) is 43.9 Å². The van der Waals surface area contributed by atoms with Gasteiger partial charge in [-0.15, -0.1) is 0 Å². The number of ether oxygens (including phenoxy) is 1. The van der Waals surface area contributed by atoms with Gasteiger partial charge in [-0.2, -0.15) is 0 Å². The molecule has 0 spiro atoms. The Labute approximate surface area is 183 Å². The second-order valence-electron chi connectivity index (χ2n) is 7.13. The van der Waals surface area contributed by atoms with Crippen molar-refractivity contribution in [2.75, 3.05) is 25.3 Å². The van der Waals surface area contributed by atoms with Gasteiger partial charge in [-0.05, 0) is 30.5 Å². The minimum absolute atomic E-state index is 0.130. The number of fused-ring (bicyclic) bond motifs is 3. The van der Waals surface area contributed by atoms with Crippen LogP contribution in [0.5, 0.6) is 0 Å². The molecule has 9 nitrogen and oxygen atoms in total. The fourth-order valence-electron chi connectivity index (χ4n) is 3.68. The van der Waals surface area contributed by atoms with Crippen molar-refractivity contribution in [2.24, 2.45) is 0 Å². The molecule has 0 saturated heterocycles. The van der Waals surface area contributed by atoms with E-state index in [2.05, 4.69) is 43.1 Å². The Balaban J connectivity index is 1.48. The number of aromatic nitrogens is 6. The molecule has 0 radical (unpaired) electrons. The zero-order valence-electron chi connectivity index (χ0n) is 17.0. The second kappa shape index (κ2) is 8.58. The predicted molar refractivity (Wildman–Crippen MR) is 116 cm³/mol. The van der Waals surface area contributed by atoms with Crippen molar-refractivity contribution in [3.05, 3.63) is 54.5 Å². The first-order valence-corrected chi connectivity index (χ1v) is 10.7. The first-order chi connectivity index (χ1) is 15.3. The molecule has 31 heavy (non-hydrogen) atoms. The normalized spacial score (nSPS) is 12.8. The van der Waals surface area contributed by atoms with Crippen molar-refractivity contribution in [3.8, 4) is 0 Å². The number of aryl methyl sites for hydroxylation is 1. The smallest absolute Gasteiger partial charge is 0.168 e. The number of rotatable bonds is 7. The first-order valence-electron chi connectivity index (χ1n) is 9.92. The summed E-state index contributed by atoms with van der Waals surface area (Å²) in [6.45, 7) is 1.14. The molecule has 3 aromatic heterocycles. The van der Waals surface area contributed by atoms with Crippen molar-refractivity contribution in [3.63, 3.8) is 0 Å². The molecule has 158 valence electrons. The summed E-state index contributed by atoms with van der Waals surface area (Å²) in [6, 6.07) is 6.37. The largest absolute Gasteiger partial charge is 0.396 e. The van der Waals surface area contributed by atoms with Crippen LogP contribution >= 0.6 is 11.8 Å². The Morgan fingerprint density at radius 1 is 1.10 bits per heavy atom. The van der Waals surface area contributed by atoms with Gasteiger partial charge in [0.2, 0.25) is 0 Å². The summed E-state index contributed by atoms with van der Waals surface area (Å²) in [6.07, 6.45) is 8.09. The Kier molecular flexibility index (Phi) is 5.49. The number of benzene rings is 1. The van der Waals surface area contributed by atoms with Gasteiger partial charge in [0.1, 0.15) is 23.6 Å². The van der Waals surface area contributed by atoms with Gasteiger partial charge in [0.15, 0.2) is 11.5 Å². The molecule has 0 bridgehead atoms. The molecule has 10 heteroatoms. The van der Waals surface area contributed by atoms with Crippen LogP contribution in [0.1, 0.15) is 17.7 Å². The zero-order chi connectivity index (χ0) is 21.2. The van der Waals surface area contributed by atoms with Crippen molar-refractivity contribution in [2.45, 2.75) is 29.3 Å². The fourth-order valence-corrected chi connectivity index (χ4v) is 4.67. The van der Waals surface area contributed by atoms with Gasteiger partial charge >= 0.3 is 0 Å². The molecule has 5 rings (SSSR count). The van der Waals surface area contributed by atoms with Gasteiger partial charge in [0.05, 0.1) is 24.3 Å². The van der Waals surface area contributed by atoms with Crippen LogP contribution in [0.3, 0.4) is 0 Å². The summed E-state index contributed by atoms with van der Waals surface area (Å²) < 4.78 is 7.46. The van der Waals surface area contributed by atoms with E-state index in [1.165, 1.54) is 0 Å². The molecule has 1 aliphatic heterocycles. The lowest BCUT2D eigenvalue weighted by molar-refractivity contribution is 0.204. The molecule has 1 N–H and O–H groups in total. The maximum absolute atomic E-state index is 9.13. The third-order valence-electron chi connectivity index (χ3n) is 5.08. The molecule has 0 saturated carbocycles. The quantitative estimate of drug-likeness (QED) is 0.469. The average Bonchev–Trinajstić information content (AvgIpc) is 3.21. The molecular formula is C21H21N7O2S. The van der Waals surface area contributed by atoms with Gasteiger partial charge in [-0.25, -0.2) is 24.9 Å². The van der Waals surface area contributed by atoms with Crippen LogP contribution in [0.25, 0.3) is 11.2 Å². The molecule has 0 atom stereocenters. The molecule has 0 unspecified atom stereocenters. The highest BCUT2D eigenvalue weighted by molar-refractivity contribution is 7.99. The molecule has 1 aliphatic rings. The summed E-state index contributed by atoms with van der Waals surface area (Å²) in [5.74, 6) is 0.799. The van der Waals surface area contributed by atoms with E-state index < -0.39 is 0 Å². The summed E-state index contributed by atoms with van der Waals surface area (Å²) in [4.78, 5) is 25.4. The maximum Gasteiger partial charge on any atom is 0.168 e. The summed E-state index contributed by atoms with van der Waals surface area (Å²) in [5.41, 5.74) is 4.60. The van der Waals surface area contributed by atoms with Crippen LogP contribution in [-0.4, -0.2) is 55.0 Å². The lowest BCUT2D eigenvalue weighted by Crippen LogP contribution is -2.24. The van der Waals surface area contributed by atoms with Crippen molar-refractivity contribution in [1.29, 1.82) is 0 Å². The Hall–Kier alpha value is -3.08. The number of nitrogens with zero attached hydrogens (tertiary/aromatic N) is 7. The summed E-state index contributed by atoms with van der Waals surface area (Å²) in [5, 5.41) is 9.99. The van der Waals surface area contributed by atoms with Crippen LogP contribution in [0.4, 0.5) is 11.5 Å². The average molecular weight is 436 g/mol. The number of methoxy groups -OCH3 is 1. The maximum atomic E-state index is 9.13. The monoisotopic (exact) mass is 435 g/mol. The molecular weight excluding hydrogens is 414 g/mol. The van der Waals surface area contributed by atoms with Crippen molar-refractivity contribution < 1.29 is 9.84 Å². The fraction of sp³-hybridized carbons (Fsp3) is 0.286. The van der Waals surface area contributed by atoms with E-state index in [4.69, 9.17) is 9.84 Å². The number of aliphatic hydroxyl groups excluding tert-OH is 1. The van der Waals surface area contributed by atoms with E-state index in [9.17, 15) is 0 Å². The summed E-state index contributed by atoms with van der Waals surface area (Å²) in [7, 11) is 1.67. The number of imidazole rings is 1. The van der Waals surface area contributed by atoms with Crippen molar-refractivity contribution >= 4 is 34.4 Å². The number of hydrogen-bond acceptors (Lipinski definition) is 9. The van der Waals surface area contributed by atoms with Gasteiger partial charge in [-0.1, -0.05) is 17.8 Å². The molecule has 0 aliphatic carbocycles. The van der Waals surface area contributed by atoms with Crippen LogP contribution < -0.4 is 4.90 Å². The van der Waals surface area contributed by atoms with Crippen molar-refractivity contribution in [1.82, 2.24) is 29.5 Å². The van der Waals surface area contributed by atoms with E-state index in [-0.39, 0.29) is 6.61 Å². The highest BCUT2D eigenvalue weighted by atomic mass is 32.2. The van der Waals surface area contributed by atoms with E-state index in [0.29, 0.717) is 26.1 Å². The Morgan fingerprint density at radius 3 is 2.87 bits per heavy atom. The Bertz CT molecular complexity index is 1230. The van der Waals surface area contributed by atoms with E-state index >= 15 is 0 Å². The third-order valence-corrected chi connectivity index (χ3v) is 6.13. The number of anilines is 2. The first kappa shape index (κ1) is 19.9. The van der Waals surface area contributed by atoms with E-state index in [1.807, 2.05) is 9.47 Å². The highest BCUT2D eigenvalue weighted by Gasteiger charge is 2.26. The summed E-state index contributed by atoms with van der Waals surface area (Å²) >= 11 is 1.61. The molecule has 4 heterocycles. The molecule has 1 aromatic carbocycles. The minimum atomic E-state index is 0.130. The van der Waals surface area contributed by atoms with Crippen LogP contribution in [-0.2, 0) is 17.7 Å². The van der Waals surface area contributed by atoms with Crippen LogP contribution in [0.2, 0.25) is 0 Å². The predicted octanol–water partition coefficient (Wildman–Crippen LogP) is 2.80. The third kappa shape index (κ3) is 3.73. The molecule has 0 fully saturated rings. The van der Waals surface area contributed by atoms with Gasteiger partial charge in [0, 0.05) is 31.0 Å².